The number of aliphatic carboxylic acids is 2. The van der Waals surface area contributed by atoms with E-state index in [-0.39, 0.29) is 94.4 Å². The van der Waals surface area contributed by atoms with Gasteiger partial charge in [-0.1, -0.05) is 13.8 Å². The van der Waals surface area contributed by atoms with Gasteiger partial charge in [-0.2, -0.15) is 0 Å². The van der Waals surface area contributed by atoms with Gasteiger partial charge in [0.2, 0.25) is 0 Å². The molecule has 0 rings (SSSR count). The Hall–Kier alpha value is -1.19. The number of carboxylic acid groups (broad SMARTS) is 2. The standard InChI is InChI=1S/C7H12O3.C6H10O3.2HNO3.2H2O.2Y/c1-5(7(9)10)3-4-6(2)8;1-4(6(8)9)3-5(2)7;2*2-1(3)4;;;;/h5H,3-4H2,1-2H3,(H,9,10);4H,3H2,1-2H3,(H,8,9);2*(H,2,3,4);2*1H2;;. The first-order chi connectivity index (χ1) is 12.0. The normalized spacial score (nSPS) is 9.29. The van der Waals surface area contributed by atoms with Crippen LogP contribution in [0, 0.1) is 32.1 Å². The quantitative estimate of drug-likeness (QED) is 0.207. The van der Waals surface area contributed by atoms with Gasteiger partial charge < -0.3 is 41.2 Å². The molecule has 180 valence electrons. The molecule has 0 aromatic carbocycles. The van der Waals surface area contributed by atoms with Crippen molar-refractivity contribution in [3.8, 4) is 0 Å². The Balaban J connectivity index is -0.0000000389. The number of rotatable bonds is 7. The second kappa shape index (κ2) is 33.4. The number of nitrogens with zero attached hydrogens (tertiary/aromatic N) is 2. The summed E-state index contributed by atoms with van der Waals surface area (Å²) < 4.78 is 0. The molecule has 2 radical (unpaired) electrons. The van der Waals surface area contributed by atoms with Crippen molar-refractivity contribution in [1.29, 1.82) is 0 Å². The van der Waals surface area contributed by atoms with E-state index in [0.717, 1.165) is 0 Å². The summed E-state index contributed by atoms with van der Waals surface area (Å²) in [5.74, 6) is -2.71. The van der Waals surface area contributed by atoms with E-state index in [1.165, 1.54) is 20.8 Å². The maximum atomic E-state index is 10.4. The summed E-state index contributed by atoms with van der Waals surface area (Å²) in [6.45, 7) is 5.98. The van der Waals surface area contributed by atoms with Crippen LogP contribution in [0.4, 0.5) is 0 Å². The summed E-state index contributed by atoms with van der Waals surface area (Å²) in [6, 6.07) is 0. The predicted molar refractivity (Wildman–Crippen MR) is 93.6 cm³/mol. The Morgan fingerprint density at radius 2 is 1.03 bits per heavy atom. The molecule has 0 spiro atoms. The van der Waals surface area contributed by atoms with Crippen molar-refractivity contribution < 1.29 is 126 Å². The molecule has 0 bridgehead atoms. The minimum absolute atomic E-state index is 0. The molecule has 0 amide bonds. The maximum Gasteiger partial charge on any atom is 0.306 e. The van der Waals surface area contributed by atoms with E-state index in [9.17, 15) is 19.2 Å². The fourth-order valence-corrected chi connectivity index (χ4v) is 1.06. The second-order valence-corrected chi connectivity index (χ2v) is 5.10. The number of carboxylic acids is 2. The molecule has 8 N–H and O–H groups in total. The van der Waals surface area contributed by atoms with Crippen LogP contribution in [0.3, 0.4) is 0 Å². The zero-order valence-electron chi connectivity index (χ0n) is 17.4. The Morgan fingerprint density at radius 3 is 1.16 bits per heavy atom. The molecule has 0 aliphatic heterocycles. The molecule has 0 fully saturated rings. The van der Waals surface area contributed by atoms with E-state index in [1.807, 2.05) is 0 Å². The zero-order valence-corrected chi connectivity index (χ0v) is 23.1. The third-order valence-electron chi connectivity index (χ3n) is 2.37. The Kier molecular flexibility index (Phi) is 56.1. The average molecular weight is 614 g/mol. The van der Waals surface area contributed by atoms with Crippen molar-refractivity contribution in [2.24, 2.45) is 11.8 Å². The molecule has 18 heteroatoms. The Bertz CT molecular complexity index is 498. The van der Waals surface area contributed by atoms with Crippen molar-refractivity contribution >= 4 is 23.5 Å². The molecule has 0 heterocycles. The van der Waals surface area contributed by atoms with E-state index >= 15 is 0 Å². The first-order valence-corrected chi connectivity index (χ1v) is 7.15. The summed E-state index contributed by atoms with van der Waals surface area (Å²) in [6.07, 6.45) is 0.952. The molecule has 16 nitrogen and oxygen atoms in total. The molecule has 2 unspecified atom stereocenters. The first-order valence-electron chi connectivity index (χ1n) is 7.15. The number of hydrogen-bond donors (Lipinski definition) is 4. The van der Waals surface area contributed by atoms with Crippen LogP contribution >= 0.6 is 0 Å². The van der Waals surface area contributed by atoms with Crippen LogP contribution in [0.1, 0.15) is 47.0 Å². The SMILES string of the molecule is CC(=O)CC(C)C(=O)O.CC(=O)CCC(C)C(=O)O.O.O.O=[N+]([O-])O.O=[N+]([O-])O.[Y].[Y]. The van der Waals surface area contributed by atoms with Crippen molar-refractivity contribution in [3.05, 3.63) is 20.2 Å². The van der Waals surface area contributed by atoms with E-state index in [1.54, 1.807) is 6.92 Å². The molecule has 0 saturated heterocycles. The second-order valence-electron chi connectivity index (χ2n) is 5.10. The maximum absolute atomic E-state index is 10.4. The minimum Gasteiger partial charge on any atom is -0.481 e. The number of hydrogen-bond acceptors (Lipinski definition) is 8. The van der Waals surface area contributed by atoms with Gasteiger partial charge in [0.1, 0.15) is 11.6 Å². The Morgan fingerprint density at radius 1 is 0.774 bits per heavy atom. The van der Waals surface area contributed by atoms with Crippen LogP contribution < -0.4 is 0 Å². The van der Waals surface area contributed by atoms with Crippen molar-refractivity contribution in [2.75, 3.05) is 0 Å². The van der Waals surface area contributed by atoms with Gasteiger partial charge in [-0.25, -0.2) is 0 Å². The smallest absolute Gasteiger partial charge is 0.306 e. The van der Waals surface area contributed by atoms with Gasteiger partial charge >= 0.3 is 11.9 Å². The molecular weight excluding hydrogens is 586 g/mol. The van der Waals surface area contributed by atoms with E-state index in [4.69, 9.17) is 40.9 Å². The topological polar surface area (TPSA) is 298 Å². The monoisotopic (exact) mass is 614 g/mol. The number of carbonyl (C=O) groups is 4. The summed E-state index contributed by atoms with van der Waals surface area (Å²) >= 11 is 0. The van der Waals surface area contributed by atoms with Crippen molar-refractivity contribution in [3.63, 3.8) is 0 Å². The van der Waals surface area contributed by atoms with Gasteiger partial charge in [0.25, 0.3) is 10.2 Å². The molecule has 2 atom stereocenters. The summed E-state index contributed by atoms with van der Waals surface area (Å²) in [7, 11) is 0. The third-order valence-corrected chi connectivity index (χ3v) is 2.37. The number of carbonyl (C=O) groups excluding carboxylic acids is 2. The third kappa shape index (κ3) is 82.8. The van der Waals surface area contributed by atoms with E-state index in [2.05, 4.69) is 0 Å². The number of ketones is 2. The molecule has 0 aromatic heterocycles. The van der Waals surface area contributed by atoms with Crippen LogP contribution in [0.2, 0.25) is 0 Å². The minimum atomic E-state index is -1.50. The fraction of sp³-hybridized carbons (Fsp3) is 0.692. The van der Waals surface area contributed by atoms with Crippen molar-refractivity contribution in [2.45, 2.75) is 47.0 Å². The van der Waals surface area contributed by atoms with Gasteiger partial charge in [-0.05, 0) is 20.3 Å². The van der Waals surface area contributed by atoms with Crippen molar-refractivity contribution in [1.82, 2.24) is 0 Å². The fourth-order valence-electron chi connectivity index (χ4n) is 1.06. The summed E-state index contributed by atoms with van der Waals surface area (Å²) in [4.78, 5) is 57.7. The van der Waals surface area contributed by atoms with Crippen LogP contribution in [-0.4, -0.2) is 65.3 Å². The van der Waals surface area contributed by atoms with Gasteiger partial charge in [0, 0.05) is 78.3 Å². The van der Waals surface area contributed by atoms with Gasteiger partial charge in [-0.3, -0.25) is 9.59 Å². The number of Topliss-reactive ketones (excluding diaryl/α,β-unsaturated/α-hetero) is 2. The predicted octanol–water partition coefficient (Wildman–Crippen LogP) is -0.587. The summed E-state index contributed by atoms with van der Waals surface area (Å²) in [5.41, 5.74) is 0. The molecule has 0 aromatic rings. The summed E-state index contributed by atoms with van der Waals surface area (Å²) in [5, 5.41) is 43.9. The van der Waals surface area contributed by atoms with Gasteiger partial charge in [0.15, 0.2) is 0 Å². The van der Waals surface area contributed by atoms with Gasteiger partial charge in [0.05, 0.1) is 11.8 Å². The van der Waals surface area contributed by atoms with Crippen LogP contribution in [0.15, 0.2) is 0 Å². The molecule has 0 aliphatic rings. The van der Waals surface area contributed by atoms with Crippen LogP contribution in [0.5, 0.6) is 0 Å². The first kappa shape index (κ1) is 52.0. The Labute approximate surface area is 227 Å². The molecule has 31 heavy (non-hydrogen) atoms. The molecule has 0 aliphatic carbocycles. The zero-order chi connectivity index (χ0) is 22.7. The average Bonchev–Trinajstić information content (AvgIpc) is 2.43. The van der Waals surface area contributed by atoms with Crippen LogP contribution in [0.25, 0.3) is 0 Å². The molecular formula is C13H28N2O14Y2. The van der Waals surface area contributed by atoms with E-state index < -0.39 is 33.9 Å². The van der Waals surface area contributed by atoms with Crippen LogP contribution in [-0.2, 0) is 84.6 Å². The van der Waals surface area contributed by atoms with E-state index in [0.29, 0.717) is 12.8 Å². The molecule has 0 saturated carbocycles. The largest absolute Gasteiger partial charge is 0.481 e. The van der Waals surface area contributed by atoms with Gasteiger partial charge in [-0.15, -0.1) is 20.2 Å².